The Morgan fingerprint density at radius 3 is 2.52 bits per heavy atom. The summed E-state index contributed by atoms with van der Waals surface area (Å²) in [5, 5.41) is 15.0. The van der Waals surface area contributed by atoms with Gasteiger partial charge in [0, 0.05) is 42.8 Å². The lowest BCUT2D eigenvalue weighted by molar-refractivity contribution is -0.384. The van der Waals surface area contributed by atoms with Crippen LogP contribution in [-0.2, 0) is 6.54 Å². The fraction of sp³-hybridized carbons (Fsp3) is 0.125. The molecule has 3 aromatic heterocycles. The molecule has 164 valence electrons. The quantitative estimate of drug-likeness (QED) is 0.250. The first-order valence-corrected chi connectivity index (χ1v) is 10.7. The molecule has 8 nitrogen and oxygen atoms in total. The Morgan fingerprint density at radius 2 is 1.82 bits per heavy atom. The van der Waals surface area contributed by atoms with Crippen LogP contribution in [0.25, 0.3) is 11.3 Å². The SMILES string of the molecule is O=[N+]([O-])c1ccc(-c2ccc(C3C(c4ccccn4)NC(=S)N3Cc3ccncc3)o2)cc1. The maximum atomic E-state index is 11.0. The van der Waals surface area contributed by atoms with E-state index in [2.05, 4.69) is 20.2 Å². The Kier molecular flexibility index (Phi) is 5.54. The van der Waals surface area contributed by atoms with Gasteiger partial charge in [-0.15, -0.1) is 0 Å². The van der Waals surface area contributed by atoms with Crippen LogP contribution in [0, 0.1) is 10.1 Å². The normalized spacial score (nSPS) is 17.7. The zero-order valence-corrected chi connectivity index (χ0v) is 18.2. The molecule has 1 fully saturated rings. The number of thiocarbonyl (C=S) groups is 1. The molecule has 33 heavy (non-hydrogen) atoms. The number of nitro groups is 1. The molecule has 1 N–H and O–H groups in total. The predicted molar refractivity (Wildman–Crippen MR) is 126 cm³/mol. The molecule has 9 heteroatoms. The highest BCUT2D eigenvalue weighted by atomic mass is 32.1. The maximum Gasteiger partial charge on any atom is 0.269 e. The topological polar surface area (TPSA) is 97.3 Å². The molecule has 0 spiro atoms. The zero-order chi connectivity index (χ0) is 22.8. The third-order valence-electron chi connectivity index (χ3n) is 5.58. The predicted octanol–water partition coefficient (Wildman–Crippen LogP) is 4.82. The highest BCUT2D eigenvalue weighted by Crippen LogP contribution is 2.41. The Balaban J connectivity index is 1.51. The van der Waals surface area contributed by atoms with Crippen LogP contribution >= 0.6 is 12.2 Å². The van der Waals surface area contributed by atoms with Crippen LogP contribution in [0.4, 0.5) is 5.69 Å². The van der Waals surface area contributed by atoms with E-state index < -0.39 is 4.92 Å². The number of nitrogens with zero attached hydrogens (tertiary/aromatic N) is 4. The molecule has 1 aromatic carbocycles. The summed E-state index contributed by atoms with van der Waals surface area (Å²) in [6.07, 6.45) is 5.27. The molecule has 0 radical (unpaired) electrons. The van der Waals surface area contributed by atoms with Crippen LogP contribution in [0.3, 0.4) is 0 Å². The lowest BCUT2D eigenvalue weighted by atomic mass is 10.0. The highest BCUT2D eigenvalue weighted by molar-refractivity contribution is 7.80. The number of nitro benzene ring substituents is 1. The van der Waals surface area contributed by atoms with Crippen molar-refractivity contribution in [1.29, 1.82) is 0 Å². The molecule has 1 aliphatic heterocycles. The van der Waals surface area contributed by atoms with Crippen molar-refractivity contribution in [3.05, 3.63) is 112 Å². The summed E-state index contributed by atoms with van der Waals surface area (Å²) in [5.41, 5.74) is 2.73. The third kappa shape index (κ3) is 4.18. The minimum Gasteiger partial charge on any atom is -0.459 e. The van der Waals surface area contributed by atoms with E-state index in [1.165, 1.54) is 12.1 Å². The summed E-state index contributed by atoms with van der Waals surface area (Å²) in [6.45, 7) is 0.579. The number of hydrogen-bond acceptors (Lipinski definition) is 6. The second-order valence-electron chi connectivity index (χ2n) is 7.62. The number of nitrogens with one attached hydrogen (secondary N) is 1. The van der Waals surface area contributed by atoms with Crippen molar-refractivity contribution in [2.75, 3.05) is 0 Å². The Labute approximate surface area is 195 Å². The first kappa shape index (κ1) is 20.8. The molecule has 0 bridgehead atoms. The number of hydrogen-bond donors (Lipinski definition) is 1. The van der Waals surface area contributed by atoms with Gasteiger partial charge in [0.15, 0.2) is 5.11 Å². The van der Waals surface area contributed by atoms with E-state index in [1.54, 1.807) is 30.7 Å². The molecule has 2 unspecified atom stereocenters. The lowest BCUT2D eigenvalue weighted by Crippen LogP contribution is -2.29. The van der Waals surface area contributed by atoms with E-state index in [4.69, 9.17) is 16.6 Å². The van der Waals surface area contributed by atoms with Crippen molar-refractivity contribution in [1.82, 2.24) is 20.2 Å². The number of pyridine rings is 2. The summed E-state index contributed by atoms with van der Waals surface area (Å²) in [6, 6.07) is 19.4. The molecule has 0 aliphatic carbocycles. The van der Waals surface area contributed by atoms with Gasteiger partial charge in [0.25, 0.3) is 5.69 Å². The molecule has 0 amide bonds. The van der Waals surface area contributed by atoms with E-state index in [0.717, 1.165) is 22.6 Å². The molecule has 2 atom stereocenters. The van der Waals surface area contributed by atoms with Gasteiger partial charge < -0.3 is 14.6 Å². The van der Waals surface area contributed by atoms with Gasteiger partial charge in [-0.3, -0.25) is 20.1 Å². The number of rotatable bonds is 6. The maximum absolute atomic E-state index is 11.0. The molecular formula is C24H19N5O3S. The zero-order valence-electron chi connectivity index (χ0n) is 17.4. The van der Waals surface area contributed by atoms with E-state index >= 15 is 0 Å². The average Bonchev–Trinajstić information content (AvgIpc) is 3.45. The van der Waals surface area contributed by atoms with Gasteiger partial charge in [-0.2, -0.15) is 0 Å². The van der Waals surface area contributed by atoms with Crippen molar-refractivity contribution in [2.45, 2.75) is 18.6 Å². The second-order valence-corrected chi connectivity index (χ2v) is 8.00. The van der Waals surface area contributed by atoms with Crippen LogP contribution in [0.2, 0.25) is 0 Å². The van der Waals surface area contributed by atoms with Crippen molar-refractivity contribution < 1.29 is 9.34 Å². The van der Waals surface area contributed by atoms with Gasteiger partial charge >= 0.3 is 0 Å². The van der Waals surface area contributed by atoms with Gasteiger partial charge in [-0.25, -0.2) is 0 Å². The fourth-order valence-corrected chi connectivity index (χ4v) is 4.29. The molecule has 1 aliphatic rings. The van der Waals surface area contributed by atoms with Crippen LogP contribution in [0.1, 0.15) is 29.1 Å². The molecular weight excluding hydrogens is 438 g/mol. The molecule has 4 heterocycles. The number of benzene rings is 1. The van der Waals surface area contributed by atoms with Gasteiger partial charge in [-0.05, 0) is 66.3 Å². The summed E-state index contributed by atoms with van der Waals surface area (Å²) >= 11 is 5.70. The lowest BCUT2D eigenvalue weighted by Gasteiger charge is -2.26. The Hall–Kier alpha value is -4.11. The van der Waals surface area contributed by atoms with Crippen molar-refractivity contribution >= 4 is 23.0 Å². The first-order chi connectivity index (χ1) is 16.1. The van der Waals surface area contributed by atoms with E-state index in [9.17, 15) is 10.1 Å². The molecule has 5 rings (SSSR count). The van der Waals surface area contributed by atoms with Gasteiger partial charge in [0.1, 0.15) is 17.6 Å². The van der Waals surface area contributed by atoms with Gasteiger partial charge in [0.2, 0.25) is 0 Å². The monoisotopic (exact) mass is 457 g/mol. The average molecular weight is 458 g/mol. The van der Waals surface area contributed by atoms with Crippen LogP contribution in [0.5, 0.6) is 0 Å². The summed E-state index contributed by atoms with van der Waals surface area (Å²) in [4.78, 5) is 21.3. The first-order valence-electron chi connectivity index (χ1n) is 10.3. The van der Waals surface area contributed by atoms with Crippen molar-refractivity contribution in [3.8, 4) is 11.3 Å². The second kappa shape index (κ2) is 8.79. The van der Waals surface area contributed by atoms with Crippen molar-refractivity contribution in [2.24, 2.45) is 0 Å². The molecule has 4 aromatic rings. The highest BCUT2D eigenvalue weighted by Gasteiger charge is 2.41. The largest absolute Gasteiger partial charge is 0.459 e. The van der Waals surface area contributed by atoms with Crippen molar-refractivity contribution in [3.63, 3.8) is 0 Å². The molecule has 0 saturated carbocycles. The number of furan rings is 1. The van der Waals surface area contributed by atoms with Crippen LogP contribution in [-0.4, -0.2) is 24.9 Å². The summed E-state index contributed by atoms with van der Waals surface area (Å²) < 4.78 is 6.27. The fourth-order valence-electron chi connectivity index (χ4n) is 3.98. The van der Waals surface area contributed by atoms with Crippen LogP contribution in [0.15, 0.2) is 89.7 Å². The minimum absolute atomic E-state index is 0.0367. The summed E-state index contributed by atoms with van der Waals surface area (Å²) in [5.74, 6) is 1.35. The third-order valence-corrected chi connectivity index (χ3v) is 5.93. The number of non-ortho nitro benzene ring substituents is 1. The number of aromatic nitrogens is 2. The van der Waals surface area contributed by atoms with Gasteiger partial charge in [-0.1, -0.05) is 6.07 Å². The van der Waals surface area contributed by atoms with E-state index in [1.807, 2.05) is 42.5 Å². The summed E-state index contributed by atoms with van der Waals surface area (Å²) in [7, 11) is 0. The smallest absolute Gasteiger partial charge is 0.269 e. The van der Waals surface area contributed by atoms with E-state index in [0.29, 0.717) is 17.4 Å². The Morgan fingerprint density at radius 1 is 1.03 bits per heavy atom. The molecule has 1 saturated heterocycles. The van der Waals surface area contributed by atoms with E-state index in [-0.39, 0.29) is 17.8 Å². The Bertz CT molecular complexity index is 1280. The van der Waals surface area contributed by atoms with Gasteiger partial charge in [0.05, 0.1) is 16.7 Å². The van der Waals surface area contributed by atoms with Crippen LogP contribution < -0.4 is 5.32 Å². The standard InChI is InChI=1S/C24H19N5O3S/c30-29(31)18-6-4-17(5-7-18)20-8-9-21(32-20)23-22(19-3-1-2-12-26-19)27-24(33)28(23)15-16-10-13-25-14-11-16/h1-14,22-23H,15H2,(H,27,33). The minimum atomic E-state index is -0.420.